The van der Waals surface area contributed by atoms with Gasteiger partial charge in [-0.15, -0.1) is 0 Å². The molecule has 94 valence electrons. The first kappa shape index (κ1) is 14.2. The second kappa shape index (κ2) is 6.77. The number of anilines is 1. The summed E-state index contributed by atoms with van der Waals surface area (Å²) in [6, 6.07) is 7.88. The summed E-state index contributed by atoms with van der Waals surface area (Å²) in [5.41, 5.74) is 0.817. The van der Waals surface area contributed by atoms with Crippen molar-refractivity contribution in [3.8, 4) is 0 Å². The van der Waals surface area contributed by atoms with E-state index in [1.165, 1.54) is 0 Å². The van der Waals surface area contributed by atoms with Gasteiger partial charge in [0.25, 0.3) is 0 Å². The Labute approximate surface area is 111 Å². The van der Waals surface area contributed by atoms with Crippen LogP contribution in [0.1, 0.15) is 20.8 Å². The highest BCUT2D eigenvalue weighted by Gasteiger charge is 2.08. The summed E-state index contributed by atoms with van der Waals surface area (Å²) in [5.74, 6) is 0.510. The van der Waals surface area contributed by atoms with Crippen molar-refractivity contribution < 1.29 is 4.79 Å². The lowest BCUT2D eigenvalue weighted by Crippen LogP contribution is -2.37. The lowest BCUT2D eigenvalue weighted by molar-refractivity contribution is -0.115. The first-order valence-corrected chi connectivity index (χ1v) is 6.57. The Hall–Kier alpha value is -0.870. The fraction of sp³-hybridized carbons (Fsp3) is 0.462. The Bertz CT molecular complexity index is 362. The van der Waals surface area contributed by atoms with Gasteiger partial charge in [0, 0.05) is 16.2 Å². The molecule has 1 aromatic carbocycles. The molecule has 0 bridgehead atoms. The number of nitrogens with one attached hydrogen (secondary N) is 2. The molecule has 0 fully saturated rings. The first-order chi connectivity index (χ1) is 7.99. The molecule has 0 saturated heterocycles. The van der Waals surface area contributed by atoms with Gasteiger partial charge in [0.1, 0.15) is 0 Å². The summed E-state index contributed by atoms with van der Waals surface area (Å²) in [7, 11) is 0. The number of benzene rings is 1. The van der Waals surface area contributed by atoms with Crippen molar-refractivity contribution >= 4 is 27.5 Å². The van der Waals surface area contributed by atoms with E-state index in [0.29, 0.717) is 18.5 Å². The maximum absolute atomic E-state index is 11.6. The Morgan fingerprint density at radius 1 is 1.24 bits per heavy atom. The monoisotopic (exact) mass is 298 g/mol. The molecule has 0 aliphatic heterocycles. The van der Waals surface area contributed by atoms with E-state index in [0.717, 1.165) is 10.2 Å². The molecular weight excluding hydrogens is 280 g/mol. The standard InChI is InChI=1S/C13H19BrN2O/c1-9(2)10(3)15-8-13(17)16-12-6-4-11(14)5-7-12/h4-7,9-10,15H,8H2,1-3H3,(H,16,17). The zero-order valence-electron chi connectivity index (χ0n) is 10.5. The summed E-state index contributed by atoms with van der Waals surface area (Å²) >= 11 is 3.35. The molecule has 1 aromatic rings. The van der Waals surface area contributed by atoms with Crippen LogP contribution in [0, 0.1) is 5.92 Å². The maximum Gasteiger partial charge on any atom is 0.238 e. The highest BCUT2D eigenvalue weighted by molar-refractivity contribution is 9.10. The molecule has 2 N–H and O–H groups in total. The highest BCUT2D eigenvalue weighted by Crippen LogP contribution is 2.13. The molecule has 0 heterocycles. The van der Waals surface area contributed by atoms with E-state index in [9.17, 15) is 4.79 Å². The normalized spacial score (nSPS) is 12.5. The third kappa shape index (κ3) is 5.33. The molecule has 0 aliphatic carbocycles. The molecule has 4 heteroatoms. The maximum atomic E-state index is 11.6. The Morgan fingerprint density at radius 2 is 1.82 bits per heavy atom. The van der Waals surface area contributed by atoms with Gasteiger partial charge in [0.15, 0.2) is 0 Å². The molecule has 1 rings (SSSR count). The van der Waals surface area contributed by atoms with E-state index in [2.05, 4.69) is 47.3 Å². The van der Waals surface area contributed by atoms with Gasteiger partial charge in [-0.2, -0.15) is 0 Å². The molecule has 1 unspecified atom stereocenters. The van der Waals surface area contributed by atoms with E-state index >= 15 is 0 Å². The molecule has 1 atom stereocenters. The molecule has 0 aliphatic rings. The van der Waals surface area contributed by atoms with Crippen LogP contribution in [0.2, 0.25) is 0 Å². The average Bonchev–Trinajstić information content (AvgIpc) is 2.29. The van der Waals surface area contributed by atoms with Gasteiger partial charge in [0.2, 0.25) is 5.91 Å². The molecular formula is C13H19BrN2O. The third-order valence-electron chi connectivity index (χ3n) is 2.71. The number of halogens is 1. The first-order valence-electron chi connectivity index (χ1n) is 5.78. The zero-order chi connectivity index (χ0) is 12.8. The Balaban J connectivity index is 2.37. The average molecular weight is 299 g/mol. The van der Waals surface area contributed by atoms with Crippen molar-refractivity contribution in [1.82, 2.24) is 5.32 Å². The van der Waals surface area contributed by atoms with E-state index in [1.54, 1.807) is 0 Å². The minimum Gasteiger partial charge on any atom is -0.325 e. The van der Waals surface area contributed by atoms with Crippen LogP contribution in [0.25, 0.3) is 0 Å². The van der Waals surface area contributed by atoms with Crippen LogP contribution in [-0.2, 0) is 4.79 Å². The van der Waals surface area contributed by atoms with Crippen LogP contribution < -0.4 is 10.6 Å². The van der Waals surface area contributed by atoms with Crippen LogP contribution in [-0.4, -0.2) is 18.5 Å². The molecule has 0 aromatic heterocycles. The van der Waals surface area contributed by atoms with Crippen molar-refractivity contribution in [3.63, 3.8) is 0 Å². The van der Waals surface area contributed by atoms with Crippen LogP contribution in [0.4, 0.5) is 5.69 Å². The van der Waals surface area contributed by atoms with Gasteiger partial charge in [0.05, 0.1) is 6.54 Å². The predicted octanol–water partition coefficient (Wildman–Crippen LogP) is 3.02. The van der Waals surface area contributed by atoms with Gasteiger partial charge in [-0.05, 0) is 37.1 Å². The van der Waals surface area contributed by atoms with Crippen molar-refractivity contribution in [2.24, 2.45) is 5.92 Å². The van der Waals surface area contributed by atoms with Crippen molar-refractivity contribution in [2.45, 2.75) is 26.8 Å². The van der Waals surface area contributed by atoms with Crippen molar-refractivity contribution in [3.05, 3.63) is 28.7 Å². The fourth-order valence-corrected chi connectivity index (χ4v) is 1.49. The van der Waals surface area contributed by atoms with Crippen LogP contribution in [0.3, 0.4) is 0 Å². The smallest absolute Gasteiger partial charge is 0.238 e. The molecule has 1 amide bonds. The van der Waals surface area contributed by atoms with Gasteiger partial charge >= 0.3 is 0 Å². The molecule has 17 heavy (non-hydrogen) atoms. The zero-order valence-corrected chi connectivity index (χ0v) is 12.0. The quantitative estimate of drug-likeness (QED) is 0.877. The van der Waals surface area contributed by atoms with Gasteiger partial charge in [-0.3, -0.25) is 4.79 Å². The minimum absolute atomic E-state index is 0.0141. The number of carbonyl (C=O) groups is 1. The summed E-state index contributed by atoms with van der Waals surface area (Å²) in [5, 5.41) is 6.03. The van der Waals surface area contributed by atoms with Gasteiger partial charge < -0.3 is 10.6 Å². The fourth-order valence-electron chi connectivity index (χ4n) is 1.23. The number of hydrogen-bond acceptors (Lipinski definition) is 2. The topological polar surface area (TPSA) is 41.1 Å². The summed E-state index contributed by atoms with van der Waals surface area (Å²) in [6.45, 7) is 6.68. The van der Waals surface area contributed by atoms with Gasteiger partial charge in [-0.25, -0.2) is 0 Å². The van der Waals surface area contributed by atoms with Crippen LogP contribution in [0.15, 0.2) is 28.7 Å². The Kier molecular flexibility index (Phi) is 5.65. The molecule has 0 saturated carbocycles. The third-order valence-corrected chi connectivity index (χ3v) is 3.24. The van der Waals surface area contributed by atoms with E-state index in [4.69, 9.17) is 0 Å². The Morgan fingerprint density at radius 3 is 2.35 bits per heavy atom. The van der Waals surface area contributed by atoms with E-state index in [-0.39, 0.29) is 5.91 Å². The van der Waals surface area contributed by atoms with Crippen LogP contribution in [0.5, 0.6) is 0 Å². The number of carbonyl (C=O) groups excluding carboxylic acids is 1. The van der Waals surface area contributed by atoms with Crippen molar-refractivity contribution in [2.75, 3.05) is 11.9 Å². The predicted molar refractivity (Wildman–Crippen MR) is 75.1 cm³/mol. The van der Waals surface area contributed by atoms with Crippen LogP contribution >= 0.6 is 15.9 Å². The second-order valence-electron chi connectivity index (χ2n) is 4.47. The summed E-state index contributed by atoms with van der Waals surface area (Å²) in [4.78, 5) is 11.6. The highest BCUT2D eigenvalue weighted by atomic mass is 79.9. The number of hydrogen-bond donors (Lipinski definition) is 2. The number of rotatable bonds is 5. The number of amides is 1. The largest absolute Gasteiger partial charge is 0.325 e. The molecule has 0 spiro atoms. The minimum atomic E-state index is -0.0141. The van der Waals surface area contributed by atoms with Gasteiger partial charge in [-0.1, -0.05) is 29.8 Å². The summed E-state index contributed by atoms with van der Waals surface area (Å²) < 4.78 is 1.00. The lowest BCUT2D eigenvalue weighted by atomic mass is 10.1. The molecule has 3 nitrogen and oxygen atoms in total. The SMILES string of the molecule is CC(C)C(C)NCC(=O)Nc1ccc(Br)cc1. The van der Waals surface area contributed by atoms with E-state index in [1.807, 2.05) is 24.3 Å². The molecule has 0 radical (unpaired) electrons. The summed E-state index contributed by atoms with van der Waals surface area (Å²) in [6.07, 6.45) is 0. The van der Waals surface area contributed by atoms with Crippen molar-refractivity contribution in [1.29, 1.82) is 0 Å². The second-order valence-corrected chi connectivity index (χ2v) is 5.38. The van der Waals surface area contributed by atoms with E-state index < -0.39 is 0 Å². The lowest BCUT2D eigenvalue weighted by Gasteiger charge is -2.17.